The minimum atomic E-state index is -0.128. The summed E-state index contributed by atoms with van der Waals surface area (Å²) in [6.07, 6.45) is 5.27. The van der Waals surface area contributed by atoms with Gasteiger partial charge >= 0.3 is 0 Å². The number of nitrogens with two attached hydrogens (primary N) is 1. The topological polar surface area (TPSA) is 77.9 Å². The number of nitrogens with zero attached hydrogens (tertiary/aromatic N) is 3. The molecule has 3 N–H and O–H groups in total. The smallest absolute Gasteiger partial charge is 0.268 e. The van der Waals surface area contributed by atoms with E-state index in [0.717, 1.165) is 0 Å². The molecule has 2 heterocycles. The lowest BCUT2D eigenvalue weighted by atomic mass is 10.4. The summed E-state index contributed by atoms with van der Waals surface area (Å²) in [5, 5.41) is 6.86. The number of carbonyl (C=O) groups is 1. The molecule has 0 saturated heterocycles. The number of nitrogens with one attached hydrogen (secondary N) is 1. The maximum atomic E-state index is 11.8. The molecule has 0 saturated carbocycles. The summed E-state index contributed by atoms with van der Waals surface area (Å²) in [4.78, 5) is 11.8. The molecule has 0 unspecified atom stereocenters. The van der Waals surface area contributed by atoms with Crippen molar-refractivity contribution in [2.24, 2.45) is 7.05 Å². The molecule has 2 aromatic heterocycles. The van der Waals surface area contributed by atoms with Crippen molar-refractivity contribution in [3.8, 4) is 0 Å². The van der Waals surface area contributed by atoms with E-state index in [1.54, 1.807) is 34.8 Å². The minimum absolute atomic E-state index is 0.128. The highest BCUT2D eigenvalue weighted by Gasteiger charge is 2.09. The predicted octanol–water partition coefficient (Wildman–Crippen LogP) is 0.234. The molecule has 0 bridgehead atoms. The third-order valence-corrected chi connectivity index (χ3v) is 2.44. The highest BCUT2D eigenvalue weighted by molar-refractivity contribution is 5.93. The summed E-state index contributed by atoms with van der Waals surface area (Å²) in [7, 11) is 1.79. The molecule has 1 amide bonds. The molecule has 6 nitrogen and oxygen atoms in total. The molecule has 0 aliphatic rings. The van der Waals surface area contributed by atoms with Crippen molar-refractivity contribution in [2.45, 2.75) is 6.54 Å². The van der Waals surface area contributed by atoms with E-state index in [-0.39, 0.29) is 5.91 Å². The molecule has 0 aliphatic heterocycles. The van der Waals surface area contributed by atoms with Crippen LogP contribution in [-0.4, -0.2) is 26.8 Å². The SMILES string of the molecule is Cn1cc(N)cc1C(=O)NCCn1cccn1. The maximum absolute atomic E-state index is 11.8. The Balaban J connectivity index is 1.87. The lowest BCUT2D eigenvalue weighted by molar-refractivity contribution is 0.0944. The molecule has 0 atom stereocenters. The first-order valence-electron chi connectivity index (χ1n) is 5.34. The predicted molar refractivity (Wildman–Crippen MR) is 64.4 cm³/mol. The molecule has 6 heteroatoms. The summed E-state index contributed by atoms with van der Waals surface area (Å²) < 4.78 is 3.47. The van der Waals surface area contributed by atoms with Gasteiger partial charge in [0.1, 0.15) is 5.69 Å². The van der Waals surface area contributed by atoms with Crippen molar-refractivity contribution in [1.29, 1.82) is 0 Å². The van der Waals surface area contributed by atoms with Crippen LogP contribution in [0.3, 0.4) is 0 Å². The highest BCUT2D eigenvalue weighted by atomic mass is 16.1. The second-order valence-corrected chi connectivity index (χ2v) is 3.79. The first-order chi connectivity index (χ1) is 8.16. The van der Waals surface area contributed by atoms with E-state index in [4.69, 9.17) is 5.73 Å². The zero-order chi connectivity index (χ0) is 12.3. The molecule has 0 aromatic carbocycles. The van der Waals surface area contributed by atoms with Gasteiger partial charge in [0.2, 0.25) is 0 Å². The van der Waals surface area contributed by atoms with Crippen molar-refractivity contribution >= 4 is 11.6 Å². The summed E-state index contributed by atoms with van der Waals surface area (Å²) in [6, 6.07) is 3.50. The number of hydrogen-bond donors (Lipinski definition) is 2. The molecule has 2 aromatic rings. The van der Waals surface area contributed by atoms with Gasteiger partial charge in [-0.25, -0.2) is 0 Å². The Kier molecular flexibility index (Phi) is 3.13. The van der Waals surface area contributed by atoms with Gasteiger partial charge in [0.05, 0.1) is 12.2 Å². The number of aromatic nitrogens is 3. The first kappa shape index (κ1) is 11.3. The van der Waals surface area contributed by atoms with Crippen molar-refractivity contribution in [1.82, 2.24) is 19.7 Å². The lowest BCUT2D eigenvalue weighted by Gasteiger charge is -2.05. The highest BCUT2D eigenvalue weighted by Crippen LogP contribution is 2.07. The van der Waals surface area contributed by atoms with Gasteiger partial charge < -0.3 is 15.6 Å². The molecule has 0 aliphatic carbocycles. The lowest BCUT2D eigenvalue weighted by Crippen LogP contribution is -2.28. The van der Waals surface area contributed by atoms with Crippen LogP contribution in [0.5, 0.6) is 0 Å². The Bertz CT molecular complexity index is 500. The summed E-state index contributed by atoms with van der Waals surface area (Å²) in [5.74, 6) is -0.128. The molecular formula is C11H15N5O. The molecule has 2 rings (SSSR count). The third-order valence-electron chi connectivity index (χ3n) is 2.44. The van der Waals surface area contributed by atoms with E-state index in [1.165, 1.54) is 0 Å². The summed E-state index contributed by atoms with van der Waals surface area (Å²) >= 11 is 0. The van der Waals surface area contributed by atoms with E-state index in [9.17, 15) is 4.79 Å². The second-order valence-electron chi connectivity index (χ2n) is 3.79. The van der Waals surface area contributed by atoms with Gasteiger partial charge in [-0.2, -0.15) is 5.10 Å². The number of anilines is 1. The molecule has 17 heavy (non-hydrogen) atoms. The normalized spacial score (nSPS) is 10.4. The first-order valence-corrected chi connectivity index (χ1v) is 5.34. The average Bonchev–Trinajstić information content (AvgIpc) is 2.88. The number of amides is 1. The van der Waals surface area contributed by atoms with Crippen LogP contribution in [0.2, 0.25) is 0 Å². The Morgan fingerprint density at radius 3 is 3.00 bits per heavy atom. The Morgan fingerprint density at radius 2 is 2.41 bits per heavy atom. The Morgan fingerprint density at radius 1 is 1.59 bits per heavy atom. The van der Waals surface area contributed by atoms with Crippen LogP contribution in [-0.2, 0) is 13.6 Å². The quantitative estimate of drug-likeness (QED) is 0.793. The summed E-state index contributed by atoms with van der Waals surface area (Å²) in [6.45, 7) is 1.18. The number of rotatable bonds is 4. The fourth-order valence-electron chi connectivity index (χ4n) is 1.62. The van der Waals surface area contributed by atoms with Crippen molar-refractivity contribution in [3.05, 3.63) is 36.4 Å². The average molecular weight is 233 g/mol. The number of nitrogen functional groups attached to an aromatic ring is 1. The van der Waals surface area contributed by atoms with E-state index in [2.05, 4.69) is 10.4 Å². The van der Waals surface area contributed by atoms with Crippen molar-refractivity contribution in [2.75, 3.05) is 12.3 Å². The van der Waals surface area contributed by atoms with E-state index in [1.807, 2.05) is 12.3 Å². The van der Waals surface area contributed by atoms with Gasteiger partial charge in [-0.1, -0.05) is 0 Å². The largest absolute Gasteiger partial charge is 0.397 e. The molecule has 0 spiro atoms. The maximum Gasteiger partial charge on any atom is 0.268 e. The van der Waals surface area contributed by atoms with Gasteiger partial charge in [-0.15, -0.1) is 0 Å². The zero-order valence-corrected chi connectivity index (χ0v) is 9.63. The van der Waals surface area contributed by atoms with Crippen molar-refractivity contribution in [3.63, 3.8) is 0 Å². The van der Waals surface area contributed by atoms with Gasteiger partial charge in [0, 0.05) is 32.2 Å². The van der Waals surface area contributed by atoms with Crippen LogP contribution >= 0.6 is 0 Å². The van der Waals surface area contributed by atoms with Crippen LogP contribution in [0.25, 0.3) is 0 Å². The van der Waals surface area contributed by atoms with Crippen LogP contribution in [0, 0.1) is 0 Å². The molecule has 0 radical (unpaired) electrons. The summed E-state index contributed by atoms with van der Waals surface area (Å²) in [5.41, 5.74) is 6.75. The molecular weight excluding hydrogens is 218 g/mol. The zero-order valence-electron chi connectivity index (χ0n) is 9.63. The fourth-order valence-corrected chi connectivity index (χ4v) is 1.62. The fraction of sp³-hybridized carbons (Fsp3) is 0.273. The number of hydrogen-bond acceptors (Lipinski definition) is 3. The van der Waals surface area contributed by atoms with E-state index < -0.39 is 0 Å². The van der Waals surface area contributed by atoms with Crippen LogP contribution in [0.1, 0.15) is 10.5 Å². The Hall–Kier alpha value is -2.24. The monoisotopic (exact) mass is 233 g/mol. The standard InChI is InChI=1S/C11H15N5O/c1-15-8-9(12)7-10(15)11(17)13-4-6-16-5-2-3-14-16/h2-3,5,7-8H,4,6,12H2,1H3,(H,13,17). The van der Waals surface area contributed by atoms with Crippen LogP contribution in [0.4, 0.5) is 5.69 Å². The van der Waals surface area contributed by atoms with Gasteiger partial charge in [0.25, 0.3) is 5.91 Å². The van der Waals surface area contributed by atoms with Crippen molar-refractivity contribution < 1.29 is 4.79 Å². The second kappa shape index (κ2) is 4.73. The molecule has 90 valence electrons. The number of aryl methyl sites for hydroxylation is 1. The van der Waals surface area contributed by atoms with Crippen LogP contribution < -0.4 is 11.1 Å². The minimum Gasteiger partial charge on any atom is -0.397 e. The van der Waals surface area contributed by atoms with Gasteiger partial charge in [0.15, 0.2) is 0 Å². The van der Waals surface area contributed by atoms with E-state index in [0.29, 0.717) is 24.5 Å². The van der Waals surface area contributed by atoms with Gasteiger partial charge in [-0.3, -0.25) is 9.48 Å². The van der Waals surface area contributed by atoms with Crippen LogP contribution in [0.15, 0.2) is 30.7 Å². The third kappa shape index (κ3) is 2.66. The van der Waals surface area contributed by atoms with Gasteiger partial charge in [-0.05, 0) is 12.1 Å². The Labute approximate surface area is 99.0 Å². The van der Waals surface area contributed by atoms with E-state index >= 15 is 0 Å². The number of carbonyl (C=O) groups excluding carboxylic acids is 1. The molecule has 0 fully saturated rings.